The molecular weight excluding hydrogens is 427 g/mol. The molecule has 1 saturated heterocycles. The van der Waals surface area contributed by atoms with Gasteiger partial charge in [0.15, 0.2) is 0 Å². The van der Waals surface area contributed by atoms with E-state index >= 15 is 0 Å². The number of ether oxygens (including phenoxy) is 1. The fraction of sp³-hybridized carbons (Fsp3) is 0.450. The Labute approximate surface area is 180 Å². The van der Waals surface area contributed by atoms with Crippen LogP contribution in [-0.2, 0) is 11.2 Å². The van der Waals surface area contributed by atoms with Gasteiger partial charge < -0.3 is 19.9 Å². The van der Waals surface area contributed by atoms with E-state index in [4.69, 9.17) is 15.0 Å². The lowest BCUT2D eigenvalue weighted by atomic mass is 10.1. The first-order valence-corrected chi connectivity index (χ1v) is 10.1. The van der Waals surface area contributed by atoms with Crippen molar-refractivity contribution in [2.24, 2.45) is 17.8 Å². The molecule has 1 unspecified atom stereocenters. The lowest BCUT2D eigenvalue weighted by molar-refractivity contribution is -0.175. The van der Waals surface area contributed by atoms with Crippen molar-refractivity contribution < 1.29 is 22.4 Å². The topological polar surface area (TPSA) is 116 Å². The zero-order valence-electron chi connectivity index (χ0n) is 16.9. The number of nitrogens with zero attached hydrogens (tertiary/aromatic N) is 6. The normalized spacial score (nSPS) is 22.2. The summed E-state index contributed by atoms with van der Waals surface area (Å²) in [6, 6.07) is 10.0. The Hall–Kier alpha value is -3.28. The average molecular weight is 447 g/mol. The highest BCUT2D eigenvalue weighted by Crippen LogP contribution is 2.52. The molecule has 2 fully saturated rings. The second-order valence-electron chi connectivity index (χ2n) is 8.02. The summed E-state index contributed by atoms with van der Waals surface area (Å²) in [6.07, 6.45) is -3.81. The molecule has 1 aromatic carbocycles. The standard InChI is InChI=1S/C20H20F3N7O2/c21-20(22,23)10-31-9-14-12-7-30(8-13(12)14)19-28-17(29-32-19)16-25-15(26-18(24)27-16)6-11-4-2-1-3-5-11/h1-5,12-14H,6-10H2,(H2,24,25,26,27)/t12-,13+,14?. The van der Waals surface area contributed by atoms with Gasteiger partial charge in [0.05, 0.1) is 6.61 Å². The highest BCUT2D eigenvalue weighted by atomic mass is 19.4. The molecule has 2 aromatic heterocycles. The quantitative estimate of drug-likeness (QED) is 0.583. The summed E-state index contributed by atoms with van der Waals surface area (Å²) in [6.45, 7) is 0.170. The van der Waals surface area contributed by atoms with Gasteiger partial charge in [0.1, 0.15) is 12.4 Å². The number of nitrogen functional groups attached to an aromatic ring is 1. The van der Waals surface area contributed by atoms with E-state index in [2.05, 4.69) is 25.1 Å². The van der Waals surface area contributed by atoms with E-state index < -0.39 is 12.8 Å². The first kappa shape index (κ1) is 20.6. The molecule has 0 radical (unpaired) electrons. The minimum absolute atomic E-state index is 0.0661. The minimum Gasteiger partial charge on any atom is -0.372 e. The van der Waals surface area contributed by atoms with Gasteiger partial charge in [-0.25, -0.2) is 4.98 Å². The van der Waals surface area contributed by atoms with E-state index in [0.29, 0.717) is 31.3 Å². The van der Waals surface area contributed by atoms with Gasteiger partial charge in [0, 0.05) is 19.5 Å². The number of benzene rings is 1. The van der Waals surface area contributed by atoms with Gasteiger partial charge >= 0.3 is 12.2 Å². The van der Waals surface area contributed by atoms with Crippen LogP contribution in [0.25, 0.3) is 11.6 Å². The molecule has 2 aliphatic rings. The van der Waals surface area contributed by atoms with Crippen LogP contribution in [0.1, 0.15) is 11.4 Å². The van der Waals surface area contributed by atoms with Crippen LogP contribution >= 0.6 is 0 Å². The first-order valence-electron chi connectivity index (χ1n) is 10.1. The number of nitrogens with two attached hydrogens (primary N) is 1. The number of fused-ring (bicyclic) bond motifs is 1. The van der Waals surface area contributed by atoms with E-state index in [1.54, 1.807) is 0 Å². The number of aromatic nitrogens is 5. The van der Waals surface area contributed by atoms with Crippen molar-refractivity contribution in [3.63, 3.8) is 0 Å². The van der Waals surface area contributed by atoms with E-state index in [-0.39, 0.29) is 42.0 Å². The van der Waals surface area contributed by atoms with Crippen LogP contribution in [0.2, 0.25) is 0 Å². The Morgan fingerprint density at radius 3 is 2.50 bits per heavy atom. The third-order valence-corrected chi connectivity index (χ3v) is 5.74. The molecule has 1 aliphatic heterocycles. The van der Waals surface area contributed by atoms with Gasteiger partial charge in [-0.1, -0.05) is 35.5 Å². The Bertz CT molecular complexity index is 1080. The van der Waals surface area contributed by atoms with E-state index in [0.717, 1.165) is 5.56 Å². The zero-order chi connectivity index (χ0) is 22.3. The highest BCUT2D eigenvalue weighted by molar-refractivity contribution is 5.47. The van der Waals surface area contributed by atoms with Gasteiger partial charge in [0.2, 0.25) is 17.6 Å². The minimum atomic E-state index is -4.30. The summed E-state index contributed by atoms with van der Waals surface area (Å²) in [5.74, 6) is 1.66. The second kappa shape index (κ2) is 8.01. The van der Waals surface area contributed by atoms with Gasteiger partial charge in [-0.15, -0.1) is 0 Å². The van der Waals surface area contributed by atoms with Gasteiger partial charge in [-0.2, -0.15) is 28.1 Å². The summed E-state index contributed by atoms with van der Waals surface area (Å²) >= 11 is 0. The average Bonchev–Trinajstić information content (AvgIpc) is 3.13. The molecule has 0 amide bonds. The maximum atomic E-state index is 12.2. The smallest absolute Gasteiger partial charge is 0.372 e. The van der Waals surface area contributed by atoms with Crippen LogP contribution < -0.4 is 10.6 Å². The molecule has 1 aliphatic carbocycles. The Morgan fingerprint density at radius 1 is 1.03 bits per heavy atom. The SMILES string of the molecule is Nc1nc(Cc2ccccc2)nc(-c2noc(N3C[C@@H]4C(COCC(F)(F)F)[C@@H]4C3)n2)n1. The van der Waals surface area contributed by atoms with Crippen LogP contribution in [0.5, 0.6) is 0 Å². The number of halogens is 3. The third-order valence-electron chi connectivity index (χ3n) is 5.74. The van der Waals surface area contributed by atoms with E-state index in [1.807, 2.05) is 35.2 Å². The second-order valence-corrected chi connectivity index (χ2v) is 8.02. The highest BCUT2D eigenvalue weighted by Gasteiger charge is 2.56. The van der Waals surface area contributed by atoms with Gasteiger partial charge in [-0.05, 0) is 23.3 Å². The van der Waals surface area contributed by atoms with Gasteiger partial charge in [-0.3, -0.25) is 0 Å². The van der Waals surface area contributed by atoms with Crippen molar-refractivity contribution >= 4 is 12.0 Å². The van der Waals surface area contributed by atoms with Crippen LogP contribution in [0, 0.1) is 17.8 Å². The predicted octanol–water partition coefficient (Wildman–Crippen LogP) is 2.36. The summed E-state index contributed by atoms with van der Waals surface area (Å²) < 4.78 is 46.8. The zero-order valence-corrected chi connectivity index (χ0v) is 16.9. The molecule has 5 rings (SSSR count). The fourth-order valence-corrected chi connectivity index (χ4v) is 4.19. The van der Waals surface area contributed by atoms with Crippen molar-refractivity contribution in [1.82, 2.24) is 25.1 Å². The summed E-state index contributed by atoms with van der Waals surface area (Å²) in [4.78, 5) is 19.0. The van der Waals surface area contributed by atoms with E-state index in [1.165, 1.54) is 0 Å². The molecule has 12 heteroatoms. The van der Waals surface area contributed by atoms with Crippen molar-refractivity contribution in [1.29, 1.82) is 0 Å². The molecule has 32 heavy (non-hydrogen) atoms. The summed E-state index contributed by atoms with van der Waals surface area (Å²) in [7, 11) is 0. The van der Waals surface area contributed by atoms with Crippen LogP contribution in [-0.4, -0.2) is 57.6 Å². The molecule has 1 saturated carbocycles. The molecule has 3 atom stereocenters. The molecule has 3 aromatic rings. The maximum absolute atomic E-state index is 12.2. The monoisotopic (exact) mass is 447 g/mol. The number of hydrogen-bond donors (Lipinski definition) is 1. The van der Waals surface area contributed by atoms with Gasteiger partial charge in [0.25, 0.3) is 0 Å². The predicted molar refractivity (Wildman–Crippen MR) is 106 cm³/mol. The summed E-state index contributed by atoms with van der Waals surface area (Å²) in [5.41, 5.74) is 6.87. The third kappa shape index (κ3) is 4.49. The number of anilines is 2. The molecule has 0 spiro atoms. The Balaban J connectivity index is 1.21. The summed E-state index contributed by atoms with van der Waals surface area (Å²) in [5, 5.41) is 3.97. The fourth-order valence-electron chi connectivity index (χ4n) is 4.19. The van der Waals surface area contributed by atoms with Crippen LogP contribution in [0.3, 0.4) is 0 Å². The number of rotatable bonds is 7. The van der Waals surface area contributed by atoms with Crippen molar-refractivity contribution in [3.05, 3.63) is 41.7 Å². The number of hydrogen-bond acceptors (Lipinski definition) is 9. The number of alkyl halides is 3. The van der Waals surface area contributed by atoms with Crippen molar-refractivity contribution in [2.45, 2.75) is 12.6 Å². The molecule has 9 nitrogen and oxygen atoms in total. The lowest BCUT2D eigenvalue weighted by Crippen LogP contribution is -2.26. The van der Waals surface area contributed by atoms with E-state index in [9.17, 15) is 13.2 Å². The lowest BCUT2D eigenvalue weighted by Gasteiger charge is -2.16. The number of piperidine rings is 1. The van der Waals surface area contributed by atoms with Crippen molar-refractivity contribution in [2.75, 3.05) is 36.9 Å². The van der Waals surface area contributed by atoms with Crippen molar-refractivity contribution in [3.8, 4) is 11.6 Å². The molecule has 0 bridgehead atoms. The molecule has 168 valence electrons. The molecule has 3 heterocycles. The molecular formula is C20H20F3N7O2. The Kier molecular flexibility index (Phi) is 5.16. The first-order chi connectivity index (χ1) is 15.4. The maximum Gasteiger partial charge on any atom is 0.411 e. The largest absolute Gasteiger partial charge is 0.411 e. The van der Waals surface area contributed by atoms with Crippen LogP contribution in [0.4, 0.5) is 25.1 Å². The van der Waals surface area contributed by atoms with Crippen LogP contribution in [0.15, 0.2) is 34.9 Å². The molecule has 2 N–H and O–H groups in total. The Morgan fingerprint density at radius 2 is 1.78 bits per heavy atom.